The van der Waals surface area contributed by atoms with Crippen LogP contribution in [0, 0.1) is 10.1 Å². The van der Waals surface area contributed by atoms with Crippen LogP contribution in [0.5, 0.6) is 0 Å². The van der Waals surface area contributed by atoms with Gasteiger partial charge in [0, 0.05) is 32.2 Å². The quantitative estimate of drug-likeness (QED) is 0.504. The number of amides is 1. The normalized spacial score (nSPS) is 14.8. The van der Waals surface area contributed by atoms with E-state index < -0.39 is 10.7 Å². The molecule has 30 heavy (non-hydrogen) atoms. The van der Waals surface area contributed by atoms with Gasteiger partial charge in [-0.05, 0) is 25.2 Å². The number of anilines is 2. The van der Waals surface area contributed by atoms with Crippen molar-refractivity contribution in [1.29, 1.82) is 0 Å². The molecular weight excluding hydrogens is 390 g/mol. The number of nitro groups is 1. The lowest BCUT2D eigenvalue weighted by Gasteiger charge is -2.35. The molecule has 0 atom stereocenters. The molecule has 10 nitrogen and oxygen atoms in total. The standard InChI is InChI=1S/C20H21N5O5/c1-22-8-10-23(11-9-22)16-5-3-2-4-15(16)21-19(26)13-24-17-7-6-14(25(28)29)12-18(17)30-20(24)27/h2-7,12H,8-11,13H2,1H3,(H,21,26). The average Bonchev–Trinajstić information content (AvgIpc) is 3.03. The van der Waals surface area contributed by atoms with Gasteiger partial charge in [0.1, 0.15) is 6.54 Å². The van der Waals surface area contributed by atoms with Gasteiger partial charge in [0.2, 0.25) is 5.91 Å². The van der Waals surface area contributed by atoms with Gasteiger partial charge in [-0.25, -0.2) is 4.79 Å². The number of carbonyl (C=O) groups excluding carboxylic acids is 1. The molecule has 1 saturated heterocycles. The van der Waals surface area contributed by atoms with Crippen LogP contribution in [-0.2, 0) is 11.3 Å². The van der Waals surface area contributed by atoms with E-state index in [9.17, 15) is 19.7 Å². The molecule has 0 radical (unpaired) electrons. The van der Waals surface area contributed by atoms with Gasteiger partial charge in [0.05, 0.1) is 27.9 Å². The summed E-state index contributed by atoms with van der Waals surface area (Å²) in [5, 5.41) is 13.8. The Morgan fingerprint density at radius 2 is 1.90 bits per heavy atom. The number of piperazine rings is 1. The molecule has 1 aliphatic heterocycles. The third kappa shape index (κ3) is 3.90. The molecule has 1 aromatic heterocycles. The SMILES string of the molecule is CN1CCN(c2ccccc2NC(=O)Cn2c(=O)oc3cc([N+](=O)[O-])ccc32)CC1. The van der Waals surface area contributed by atoms with Gasteiger partial charge in [-0.3, -0.25) is 19.5 Å². The number of rotatable bonds is 5. The second kappa shape index (κ2) is 7.99. The second-order valence-corrected chi connectivity index (χ2v) is 7.22. The van der Waals surface area contributed by atoms with Gasteiger partial charge in [0.25, 0.3) is 5.69 Å². The fraction of sp³-hybridized carbons (Fsp3) is 0.300. The Hall–Kier alpha value is -3.66. The van der Waals surface area contributed by atoms with Crippen LogP contribution in [-0.4, -0.2) is 53.5 Å². The fourth-order valence-corrected chi connectivity index (χ4v) is 3.55. The number of hydrogen-bond donors (Lipinski definition) is 1. The van der Waals surface area contributed by atoms with Gasteiger partial charge in [-0.1, -0.05) is 12.1 Å². The average molecular weight is 411 g/mol. The number of nitro benzene ring substituents is 1. The van der Waals surface area contributed by atoms with Gasteiger partial charge < -0.3 is 19.5 Å². The van der Waals surface area contributed by atoms with E-state index in [4.69, 9.17) is 4.42 Å². The summed E-state index contributed by atoms with van der Waals surface area (Å²) >= 11 is 0. The summed E-state index contributed by atoms with van der Waals surface area (Å²) in [6.07, 6.45) is 0. The number of para-hydroxylation sites is 2. The zero-order chi connectivity index (χ0) is 21.3. The highest BCUT2D eigenvalue weighted by Crippen LogP contribution is 2.27. The van der Waals surface area contributed by atoms with Crippen LogP contribution in [0.2, 0.25) is 0 Å². The summed E-state index contributed by atoms with van der Waals surface area (Å²) in [6, 6.07) is 11.4. The van der Waals surface area contributed by atoms with Crippen LogP contribution in [0.25, 0.3) is 11.1 Å². The number of oxazole rings is 1. The molecule has 1 aliphatic rings. The monoisotopic (exact) mass is 411 g/mol. The zero-order valence-corrected chi connectivity index (χ0v) is 16.4. The number of nitrogens with zero attached hydrogens (tertiary/aromatic N) is 4. The summed E-state index contributed by atoms with van der Waals surface area (Å²) in [5.41, 5.74) is 1.81. The highest BCUT2D eigenvalue weighted by Gasteiger charge is 2.19. The molecule has 1 N–H and O–H groups in total. The fourth-order valence-electron chi connectivity index (χ4n) is 3.55. The smallest absolute Gasteiger partial charge is 0.407 e. The highest BCUT2D eigenvalue weighted by atomic mass is 16.6. The zero-order valence-electron chi connectivity index (χ0n) is 16.4. The topological polar surface area (TPSA) is 114 Å². The molecule has 0 aliphatic carbocycles. The van der Waals surface area contributed by atoms with Gasteiger partial charge >= 0.3 is 5.76 Å². The second-order valence-electron chi connectivity index (χ2n) is 7.22. The first-order chi connectivity index (χ1) is 14.4. The number of fused-ring (bicyclic) bond motifs is 1. The van der Waals surface area contributed by atoms with Crippen molar-refractivity contribution in [3.8, 4) is 0 Å². The minimum absolute atomic E-state index is 0.0693. The Balaban J connectivity index is 1.54. The summed E-state index contributed by atoms with van der Waals surface area (Å²) in [4.78, 5) is 39.7. The van der Waals surface area contributed by atoms with Crippen LogP contribution >= 0.6 is 0 Å². The predicted molar refractivity (Wildman–Crippen MR) is 112 cm³/mol. The lowest BCUT2D eigenvalue weighted by Crippen LogP contribution is -2.44. The van der Waals surface area contributed by atoms with E-state index in [-0.39, 0.29) is 23.7 Å². The molecule has 2 heterocycles. The Kier molecular flexibility index (Phi) is 5.23. The molecule has 1 amide bonds. The van der Waals surface area contributed by atoms with Crippen molar-refractivity contribution in [2.75, 3.05) is 43.4 Å². The Morgan fingerprint density at radius 3 is 2.63 bits per heavy atom. The van der Waals surface area contributed by atoms with E-state index in [0.29, 0.717) is 11.2 Å². The van der Waals surface area contributed by atoms with E-state index in [0.717, 1.165) is 36.4 Å². The molecule has 0 unspecified atom stereocenters. The maximum atomic E-state index is 12.7. The van der Waals surface area contributed by atoms with Crippen molar-refractivity contribution in [2.45, 2.75) is 6.54 Å². The number of non-ortho nitro benzene ring substituents is 1. The van der Waals surface area contributed by atoms with E-state index >= 15 is 0 Å². The molecule has 1 fully saturated rings. The van der Waals surface area contributed by atoms with Crippen molar-refractivity contribution >= 4 is 34.1 Å². The predicted octanol–water partition coefficient (Wildman–Crippen LogP) is 1.89. The van der Waals surface area contributed by atoms with E-state index in [1.54, 1.807) is 0 Å². The van der Waals surface area contributed by atoms with Gasteiger partial charge in [-0.15, -0.1) is 0 Å². The summed E-state index contributed by atoms with van der Waals surface area (Å²) in [5.74, 6) is -1.13. The molecule has 3 aromatic rings. The third-order valence-electron chi connectivity index (χ3n) is 5.19. The first-order valence-electron chi connectivity index (χ1n) is 9.52. The summed E-state index contributed by atoms with van der Waals surface area (Å²) < 4.78 is 6.24. The van der Waals surface area contributed by atoms with Crippen LogP contribution in [0.3, 0.4) is 0 Å². The number of hydrogen-bond acceptors (Lipinski definition) is 7. The first kappa shape index (κ1) is 19.6. The Bertz CT molecular complexity index is 1160. The Morgan fingerprint density at radius 1 is 1.17 bits per heavy atom. The van der Waals surface area contributed by atoms with Crippen LogP contribution in [0.4, 0.5) is 17.1 Å². The van der Waals surface area contributed by atoms with Crippen LogP contribution in [0.1, 0.15) is 0 Å². The molecule has 156 valence electrons. The number of likely N-dealkylation sites (N-methyl/N-ethyl adjacent to an activating group) is 1. The van der Waals surface area contributed by atoms with E-state index in [2.05, 4.69) is 22.2 Å². The number of benzene rings is 2. The molecular formula is C20H21N5O5. The van der Waals surface area contributed by atoms with Crippen LogP contribution < -0.4 is 16.0 Å². The van der Waals surface area contributed by atoms with Crippen molar-refractivity contribution in [3.63, 3.8) is 0 Å². The molecule has 2 aromatic carbocycles. The molecule has 0 saturated carbocycles. The van der Waals surface area contributed by atoms with Crippen molar-refractivity contribution < 1.29 is 14.1 Å². The van der Waals surface area contributed by atoms with E-state index in [1.807, 2.05) is 24.3 Å². The molecule has 10 heteroatoms. The van der Waals surface area contributed by atoms with Crippen molar-refractivity contribution in [2.24, 2.45) is 0 Å². The molecule has 4 rings (SSSR count). The van der Waals surface area contributed by atoms with Gasteiger partial charge in [0.15, 0.2) is 5.58 Å². The minimum atomic E-state index is -0.743. The minimum Gasteiger partial charge on any atom is -0.407 e. The van der Waals surface area contributed by atoms with Gasteiger partial charge in [-0.2, -0.15) is 0 Å². The lowest BCUT2D eigenvalue weighted by atomic mass is 10.2. The van der Waals surface area contributed by atoms with E-state index in [1.165, 1.54) is 18.2 Å². The largest absolute Gasteiger partial charge is 0.420 e. The number of carbonyl (C=O) groups is 1. The maximum absolute atomic E-state index is 12.7. The summed E-state index contributed by atoms with van der Waals surface area (Å²) in [6.45, 7) is 3.32. The lowest BCUT2D eigenvalue weighted by molar-refractivity contribution is -0.384. The highest BCUT2D eigenvalue weighted by molar-refractivity contribution is 5.95. The number of aromatic nitrogens is 1. The van der Waals surface area contributed by atoms with Crippen molar-refractivity contribution in [3.05, 3.63) is 63.1 Å². The molecule has 0 bridgehead atoms. The summed E-state index contributed by atoms with van der Waals surface area (Å²) in [7, 11) is 2.08. The van der Waals surface area contributed by atoms with Crippen LogP contribution in [0.15, 0.2) is 51.7 Å². The van der Waals surface area contributed by atoms with Crippen molar-refractivity contribution in [1.82, 2.24) is 9.47 Å². The Labute approximate surface area is 171 Å². The first-order valence-corrected chi connectivity index (χ1v) is 9.52. The number of nitrogens with one attached hydrogen (secondary N) is 1. The molecule has 0 spiro atoms. The maximum Gasteiger partial charge on any atom is 0.420 e. The third-order valence-corrected chi connectivity index (χ3v) is 5.19.